The van der Waals surface area contributed by atoms with Crippen LogP contribution in [0.4, 0.5) is 14.5 Å². The van der Waals surface area contributed by atoms with Crippen LogP contribution in [0.15, 0.2) is 12.1 Å². The summed E-state index contributed by atoms with van der Waals surface area (Å²) in [5.74, 6) is -2.95. The van der Waals surface area contributed by atoms with Gasteiger partial charge in [-0.05, 0) is 19.3 Å². The van der Waals surface area contributed by atoms with Gasteiger partial charge in [-0.15, -0.1) is 5.10 Å². The fraction of sp³-hybridized carbons (Fsp3) is 0.474. The van der Waals surface area contributed by atoms with Crippen molar-refractivity contribution in [3.63, 3.8) is 0 Å². The lowest BCUT2D eigenvalue weighted by atomic mass is 10.0. The van der Waals surface area contributed by atoms with Crippen molar-refractivity contribution in [1.82, 2.24) is 20.1 Å². The average molecular weight is 405 g/mol. The molecule has 0 radical (unpaired) electrons. The van der Waals surface area contributed by atoms with Crippen molar-refractivity contribution < 1.29 is 23.1 Å². The van der Waals surface area contributed by atoms with E-state index in [9.17, 15) is 18.4 Å². The van der Waals surface area contributed by atoms with Gasteiger partial charge >= 0.3 is 5.97 Å². The van der Waals surface area contributed by atoms with Crippen molar-refractivity contribution in [1.29, 1.82) is 0 Å². The number of ether oxygens (including phenoxy) is 1. The van der Waals surface area contributed by atoms with Crippen molar-refractivity contribution in [2.45, 2.75) is 51.1 Å². The molecule has 1 amide bonds. The Morgan fingerprint density at radius 3 is 3.03 bits per heavy atom. The predicted octanol–water partition coefficient (Wildman–Crippen LogP) is 2.36. The predicted molar refractivity (Wildman–Crippen MR) is 98.6 cm³/mol. The first-order chi connectivity index (χ1) is 14.0. The van der Waals surface area contributed by atoms with Crippen LogP contribution in [0, 0.1) is 11.6 Å². The molecule has 0 saturated heterocycles. The molecule has 0 fully saturated rings. The first-order valence-electron chi connectivity index (χ1n) is 9.67. The normalized spacial score (nSPS) is 20.7. The van der Waals surface area contributed by atoms with Gasteiger partial charge in [0.1, 0.15) is 17.7 Å². The number of aryl methyl sites for hydroxylation is 1. The molecule has 2 aromatic rings. The van der Waals surface area contributed by atoms with Gasteiger partial charge < -0.3 is 15.4 Å². The van der Waals surface area contributed by atoms with Crippen molar-refractivity contribution in [3.05, 3.63) is 35.4 Å². The number of halogens is 2. The molecule has 0 unspecified atom stereocenters. The van der Waals surface area contributed by atoms with Gasteiger partial charge in [-0.25, -0.2) is 23.2 Å². The van der Waals surface area contributed by atoms with Crippen molar-refractivity contribution in [3.8, 4) is 5.75 Å². The molecule has 4 rings (SSSR count). The zero-order valence-electron chi connectivity index (χ0n) is 15.9. The first-order valence-corrected chi connectivity index (χ1v) is 9.67. The van der Waals surface area contributed by atoms with Crippen LogP contribution in [0.2, 0.25) is 0 Å². The minimum atomic E-state index is -1.11. The van der Waals surface area contributed by atoms with E-state index in [-0.39, 0.29) is 24.1 Å². The van der Waals surface area contributed by atoms with Gasteiger partial charge in [-0.3, -0.25) is 4.79 Å². The molecule has 8 nitrogen and oxygen atoms in total. The highest BCUT2D eigenvalue weighted by atomic mass is 19.1. The lowest BCUT2D eigenvalue weighted by Crippen LogP contribution is -2.46. The number of nitrogens with one attached hydrogen (secondary N) is 2. The Balaban J connectivity index is 1.49. The minimum Gasteiger partial charge on any atom is -0.420 e. The molecule has 29 heavy (non-hydrogen) atoms. The SMILES string of the molecule is CCC[C@@H]1CCCc2nc(C(=O)N[C@H]3CNc4cc(F)cc(F)c4OC3=O)nn21. The molecule has 0 bridgehead atoms. The van der Waals surface area contributed by atoms with E-state index in [0.29, 0.717) is 6.07 Å². The second-order valence-electron chi connectivity index (χ2n) is 7.22. The van der Waals surface area contributed by atoms with Crippen LogP contribution in [0.1, 0.15) is 55.1 Å². The van der Waals surface area contributed by atoms with E-state index in [1.165, 1.54) is 0 Å². The Hall–Kier alpha value is -3.04. The summed E-state index contributed by atoms with van der Waals surface area (Å²) in [6, 6.07) is 0.757. The van der Waals surface area contributed by atoms with Crippen LogP contribution in [0.3, 0.4) is 0 Å². The Bertz CT molecular complexity index is 962. The highest BCUT2D eigenvalue weighted by molar-refractivity contribution is 5.94. The molecule has 2 aliphatic rings. The van der Waals surface area contributed by atoms with E-state index >= 15 is 0 Å². The monoisotopic (exact) mass is 405 g/mol. The number of hydrogen-bond acceptors (Lipinski definition) is 6. The molecule has 3 heterocycles. The Morgan fingerprint density at radius 2 is 2.24 bits per heavy atom. The summed E-state index contributed by atoms with van der Waals surface area (Å²) in [6.07, 6.45) is 4.68. The molecule has 0 saturated carbocycles. The molecule has 1 aromatic carbocycles. The molecule has 2 atom stereocenters. The maximum absolute atomic E-state index is 13.9. The molecular formula is C19H21F2N5O3. The van der Waals surface area contributed by atoms with E-state index in [0.717, 1.165) is 44.0 Å². The summed E-state index contributed by atoms with van der Waals surface area (Å²) in [4.78, 5) is 29.3. The first kappa shape index (κ1) is 19.3. The fourth-order valence-electron chi connectivity index (χ4n) is 3.73. The van der Waals surface area contributed by atoms with Gasteiger partial charge in [0.15, 0.2) is 11.6 Å². The molecule has 2 aliphatic heterocycles. The van der Waals surface area contributed by atoms with Crippen LogP contribution in [0.25, 0.3) is 0 Å². The topological polar surface area (TPSA) is 98.1 Å². The van der Waals surface area contributed by atoms with E-state index in [2.05, 4.69) is 27.6 Å². The number of anilines is 1. The zero-order chi connectivity index (χ0) is 20.5. The second kappa shape index (κ2) is 7.76. The number of fused-ring (bicyclic) bond motifs is 2. The summed E-state index contributed by atoms with van der Waals surface area (Å²) < 4.78 is 34.1. The Labute approximate surface area is 165 Å². The third-order valence-electron chi connectivity index (χ3n) is 5.11. The number of aromatic nitrogens is 3. The minimum absolute atomic E-state index is 0.00517. The Kier molecular flexibility index (Phi) is 5.16. The van der Waals surface area contributed by atoms with Crippen LogP contribution < -0.4 is 15.4 Å². The molecule has 0 aliphatic carbocycles. The lowest BCUT2D eigenvalue weighted by molar-refractivity contribution is -0.136. The standard InChI is InChI=1S/C19H21F2N5O3/c1-2-4-11-5-3-6-15-24-17(25-26(11)15)18(27)23-14-9-22-13-8-10(20)7-12(21)16(13)29-19(14)28/h7-8,11,14,22H,2-6,9H2,1H3,(H,23,27)/t11-,14+/m1/s1. The van der Waals surface area contributed by atoms with Gasteiger partial charge in [-0.2, -0.15) is 0 Å². The van der Waals surface area contributed by atoms with Gasteiger partial charge in [-0.1, -0.05) is 13.3 Å². The molecule has 154 valence electrons. The van der Waals surface area contributed by atoms with E-state index in [1.807, 2.05) is 0 Å². The number of amides is 1. The number of carbonyl (C=O) groups excluding carboxylic acids is 2. The summed E-state index contributed by atoms with van der Waals surface area (Å²) in [7, 11) is 0. The smallest absolute Gasteiger partial charge is 0.336 e. The highest BCUT2D eigenvalue weighted by Gasteiger charge is 2.31. The zero-order valence-corrected chi connectivity index (χ0v) is 15.9. The lowest BCUT2D eigenvalue weighted by Gasteiger charge is -2.22. The molecule has 10 heteroatoms. The van der Waals surface area contributed by atoms with Crippen molar-refractivity contribution in [2.24, 2.45) is 0 Å². The average Bonchev–Trinajstić information content (AvgIpc) is 3.06. The second-order valence-corrected chi connectivity index (χ2v) is 7.22. The van der Waals surface area contributed by atoms with Gasteiger partial charge in [0.2, 0.25) is 5.82 Å². The third kappa shape index (κ3) is 3.79. The van der Waals surface area contributed by atoms with Crippen LogP contribution in [-0.4, -0.2) is 39.2 Å². The maximum atomic E-state index is 13.9. The third-order valence-corrected chi connectivity index (χ3v) is 5.11. The molecule has 0 spiro atoms. The van der Waals surface area contributed by atoms with Crippen molar-refractivity contribution >= 4 is 17.6 Å². The van der Waals surface area contributed by atoms with E-state index in [4.69, 9.17) is 4.74 Å². The van der Waals surface area contributed by atoms with Gasteiger partial charge in [0.05, 0.1) is 11.7 Å². The van der Waals surface area contributed by atoms with E-state index < -0.39 is 35.3 Å². The van der Waals surface area contributed by atoms with Gasteiger partial charge in [0, 0.05) is 25.1 Å². The number of esters is 1. The van der Waals surface area contributed by atoms with Crippen LogP contribution >= 0.6 is 0 Å². The summed E-state index contributed by atoms with van der Waals surface area (Å²) in [6.45, 7) is 2.00. The number of hydrogen-bond donors (Lipinski definition) is 2. The largest absolute Gasteiger partial charge is 0.420 e. The maximum Gasteiger partial charge on any atom is 0.336 e. The quantitative estimate of drug-likeness (QED) is 0.599. The number of benzene rings is 1. The summed E-state index contributed by atoms with van der Waals surface area (Å²) >= 11 is 0. The van der Waals surface area contributed by atoms with Crippen LogP contribution in [-0.2, 0) is 11.2 Å². The Morgan fingerprint density at radius 1 is 1.41 bits per heavy atom. The van der Waals surface area contributed by atoms with Crippen LogP contribution in [0.5, 0.6) is 5.75 Å². The fourth-order valence-corrected chi connectivity index (χ4v) is 3.73. The molecule has 1 aromatic heterocycles. The highest BCUT2D eigenvalue weighted by Crippen LogP contribution is 2.31. The summed E-state index contributed by atoms with van der Waals surface area (Å²) in [5, 5.41) is 9.59. The van der Waals surface area contributed by atoms with Crippen molar-refractivity contribution in [2.75, 3.05) is 11.9 Å². The summed E-state index contributed by atoms with van der Waals surface area (Å²) in [5.41, 5.74) is 0.00517. The number of nitrogens with zero attached hydrogens (tertiary/aromatic N) is 3. The molecular weight excluding hydrogens is 384 g/mol. The number of rotatable bonds is 4. The van der Waals surface area contributed by atoms with E-state index in [1.54, 1.807) is 4.68 Å². The van der Waals surface area contributed by atoms with Gasteiger partial charge in [0.25, 0.3) is 5.91 Å². The molecule has 2 N–H and O–H groups in total. The number of carbonyl (C=O) groups is 2.